The number of fused-ring (bicyclic) bond motifs is 1. The topological polar surface area (TPSA) is 50.4 Å². The minimum absolute atomic E-state index is 0.0997. The third-order valence-corrected chi connectivity index (χ3v) is 4.65. The first-order chi connectivity index (χ1) is 13.1. The quantitative estimate of drug-likeness (QED) is 0.715. The van der Waals surface area contributed by atoms with Crippen molar-refractivity contribution >= 4 is 11.6 Å². The van der Waals surface area contributed by atoms with Crippen LogP contribution in [0, 0.1) is 12.7 Å². The molecule has 0 aliphatic carbocycles. The molecule has 1 aliphatic heterocycles. The maximum absolute atomic E-state index is 13.7. The molecule has 27 heavy (non-hydrogen) atoms. The van der Waals surface area contributed by atoms with E-state index in [0.717, 1.165) is 16.8 Å². The highest BCUT2D eigenvalue weighted by Gasteiger charge is 2.25. The Morgan fingerprint density at radius 2 is 1.74 bits per heavy atom. The summed E-state index contributed by atoms with van der Waals surface area (Å²) >= 11 is 0. The standard InChI is InChI=1S/C22H19FN2O2/c1-14-5-4-7-18-20(14)24-21(25-22(18)26)15-9-11-17(12-10-15)27-13-16-6-2-3-8-19(16)23/h2-12,21,24H,13H2,1H3,(H,25,26)/t21-/m0/s1. The van der Waals surface area contributed by atoms with E-state index in [4.69, 9.17) is 4.74 Å². The van der Waals surface area contributed by atoms with Gasteiger partial charge in [0.25, 0.3) is 5.91 Å². The number of carbonyl (C=O) groups excluding carboxylic acids is 1. The molecule has 3 aromatic carbocycles. The molecule has 0 aromatic heterocycles. The number of hydrogen-bond donors (Lipinski definition) is 2. The van der Waals surface area contributed by atoms with Crippen molar-refractivity contribution in [2.75, 3.05) is 5.32 Å². The zero-order chi connectivity index (χ0) is 18.8. The molecule has 0 fully saturated rings. The molecule has 4 rings (SSSR count). The Labute approximate surface area is 157 Å². The van der Waals surface area contributed by atoms with Gasteiger partial charge >= 0.3 is 0 Å². The van der Waals surface area contributed by atoms with Crippen LogP contribution in [-0.2, 0) is 6.61 Å². The fraction of sp³-hybridized carbons (Fsp3) is 0.136. The average Bonchev–Trinajstić information content (AvgIpc) is 2.68. The van der Waals surface area contributed by atoms with E-state index in [1.807, 2.05) is 43.3 Å². The van der Waals surface area contributed by atoms with E-state index in [9.17, 15) is 9.18 Å². The number of anilines is 1. The van der Waals surface area contributed by atoms with Crippen molar-refractivity contribution in [3.63, 3.8) is 0 Å². The van der Waals surface area contributed by atoms with Crippen LogP contribution in [0.25, 0.3) is 0 Å². The number of para-hydroxylation sites is 1. The summed E-state index contributed by atoms with van der Waals surface area (Å²) in [6.07, 6.45) is -0.313. The number of hydrogen-bond acceptors (Lipinski definition) is 3. The Bertz CT molecular complexity index is 986. The summed E-state index contributed by atoms with van der Waals surface area (Å²) in [5.41, 5.74) is 3.95. The molecule has 136 valence electrons. The molecule has 4 nitrogen and oxygen atoms in total. The van der Waals surface area contributed by atoms with E-state index in [2.05, 4.69) is 10.6 Å². The zero-order valence-electron chi connectivity index (χ0n) is 14.8. The number of aryl methyl sites for hydroxylation is 1. The first-order valence-corrected chi connectivity index (χ1v) is 8.75. The zero-order valence-corrected chi connectivity index (χ0v) is 14.8. The average molecular weight is 362 g/mol. The molecule has 1 aliphatic rings. The second-order valence-electron chi connectivity index (χ2n) is 6.50. The van der Waals surface area contributed by atoms with Gasteiger partial charge in [-0.1, -0.05) is 42.5 Å². The van der Waals surface area contributed by atoms with Gasteiger partial charge in [0.1, 0.15) is 24.3 Å². The number of benzene rings is 3. The van der Waals surface area contributed by atoms with Crippen molar-refractivity contribution < 1.29 is 13.9 Å². The third kappa shape index (κ3) is 3.49. The summed E-state index contributed by atoms with van der Waals surface area (Å²) in [5.74, 6) is 0.260. The second-order valence-corrected chi connectivity index (χ2v) is 6.50. The first kappa shape index (κ1) is 17.1. The van der Waals surface area contributed by atoms with E-state index in [-0.39, 0.29) is 24.5 Å². The van der Waals surface area contributed by atoms with Crippen molar-refractivity contribution in [2.45, 2.75) is 19.7 Å². The number of carbonyl (C=O) groups is 1. The molecule has 1 atom stereocenters. The van der Waals surface area contributed by atoms with Gasteiger partial charge in [-0.05, 0) is 42.3 Å². The van der Waals surface area contributed by atoms with Crippen LogP contribution in [0.15, 0.2) is 66.7 Å². The minimum atomic E-state index is -0.313. The first-order valence-electron chi connectivity index (χ1n) is 8.75. The van der Waals surface area contributed by atoms with Gasteiger partial charge in [0.2, 0.25) is 0 Å². The van der Waals surface area contributed by atoms with Gasteiger partial charge in [-0.3, -0.25) is 4.79 Å². The molecule has 5 heteroatoms. The lowest BCUT2D eigenvalue weighted by molar-refractivity contribution is 0.0935. The largest absolute Gasteiger partial charge is 0.489 e. The van der Waals surface area contributed by atoms with Gasteiger partial charge in [-0.2, -0.15) is 0 Å². The van der Waals surface area contributed by atoms with Gasteiger partial charge in [-0.15, -0.1) is 0 Å². The Morgan fingerprint density at radius 1 is 0.963 bits per heavy atom. The van der Waals surface area contributed by atoms with Crippen molar-refractivity contribution in [3.05, 3.63) is 94.8 Å². The highest BCUT2D eigenvalue weighted by atomic mass is 19.1. The minimum Gasteiger partial charge on any atom is -0.489 e. The van der Waals surface area contributed by atoms with Crippen LogP contribution in [0.1, 0.15) is 33.2 Å². The molecule has 0 bridgehead atoms. The summed E-state index contributed by atoms with van der Waals surface area (Å²) in [5, 5.41) is 6.33. The summed E-state index contributed by atoms with van der Waals surface area (Å²) in [4.78, 5) is 12.4. The predicted octanol–water partition coefficient (Wildman–Crippen LogP) is 4.57. The molecule has 0 saturated carbocycles. The fourth-order valence-corrected chi connectivity index (χ4v) is 3.14. The SMILES string of the molecule is Cc1cccc2c1N[C@H](c1ccc(OCc3ccccc3F)cc1)NC2=O. The molecule has 0 unspecified atom stereocenters. The van der Waals surface area contributed by atoms with Gasteiger partial charge in [0, 0.05) is 5.56 Å². The Kier molecular flexibility index (Phi) is 4.50. The maximum Gasteiger partial charge on any atom is 0.255 e. The molecule has 0 saturated heterocycles. The summed E-state index contributed by atoms with van der Waals surface area (Å²) in [7, 11) is 0. The molecule has 0 spiro atoms. The van der Waals surface area contributed by atoms with Crippen LogP contribution >= 0.6 is 0 Å². The number of nitrogens with one attached hydrogen (secondary N) is 2. The molecule has 1 amide bonds. The van der Waals surface area contributed by atoms with Crippen molar-refractivity contribution in [1.29, 1.82) is 0 Å². The molecule has 1 heterocycles. The molecular formula is C22H19FN2O2. The van der Waals surface area contributed by atoms with Crippen LogP contribution in [0.4, 0.5) is 10.1 Å². The Morgan fingerprint density at radius 3 is 2.52 bits per heavy atom. The lowest BCUT2D eigenvalue weighted by atomic mass is 10.0. The van der Waals surface area contributed by atoms with Gasteiger partial charge < -0.3 is 15.4 Å². The Hall–Kier alpha value is -3.34. The van der Waals surface area contributed by atoms with Crippen molar-refractivity contribution in [1.82, 2.24) is 5.32 Å². The van der Waals surface area contributed by atoms with E-state index < -0.39 is 0 Å². The molecule has 2 N–H and O–H groups in total. The highest BCUT2D eigenvalue weighted by Crippen LogP contribution is 2.30. The van der Waals surface area contributed by atoms with E-state index in [1.54, 1.807) is 24.3 Å². The molecular weight excluding hydrogens is 343 g/mol. The Balaban J connectivity index is 1.47. The smallest absolute Gasteiger partial charge is 0.255 e. The monoisotopic (exact) mass is 362 g/mol. The normalized spacial score (nSPS) is 15.5. The van der Waals surface area contributed by atoms with Crippen LogP contribution in [0.5, 0.6) is 5.75 Å². The van der Waals surface area contributed by atoms with Crippen LogP contribution in [-0.4, -0.2) is 5.91 Å². The lowest BCUT2D eigenvalue weighted by Crippen LogP contribution is -2.38. The third-order valence-electron chi connectivity index (χ3n) is 4.65. The van der Waals surface area contributed by atoms with E-state index in [1.165, 1.54) is 6.07 Å². The highest BCUT2D eigenvalue weighted by molar-refractivity contribution is 6.02. The number of halogens is 1. The molecule has 3 aromatic rings. The predicted molar refractivity (Wildman–Crippen MR) is 102 cm³/mol. The summed E-state index contributed by atoms with van der Waals surface area (Å²) in [6.45, 7) is 2.14. The van der Waals surface area contributed by atoms with Crippen LogP contribution in [0.2, 0.25) is 0 Å². The summed E-state index contributed by atoms with van der Waals surface area (Å²) in [6, 6.07) is 19.6. The van der Waals surface area contributed by atoms with Crippen LogP contribution < -0.4 is 15.4 Å². The molecule has 0 radical (unpaired) electrons. The lowest BCUT2D eigenvalue weighted by Gasteiger charge is -2.29. The number of ether oxygens (including phenoxy) is 1. The van der Waals surface area contributed by atoms with Gasteiger partial charge in [0.05, 0.1) is 11.3 Å². The van der Waals surface area contributed by atoms with Crippen LogP contribution in [0.3, 0.4) is 0 Å². The van der Waals surface area contributed by atoms with Crippen molar-refractivity contribution in [3.8, 4) is 5.75 Å². The second kappa shape index (κ2) is 7.11. The van der Waals surface area contributed by atoms with E-state index >= 15 is 0 Å². The number of rotatable bonds is 4. The van der Waals surface area contributed by atoms with Gasteiger partial charge in [-0.25, -0.2) is 4.39 Å². The summed E-state index contributed by atoms with van der Waals surface area (Å²) < 4.78 is 19.3. The number of amides is 1. The maximum atomic E-state index is 13.7. The van der Waals surface area contributed by atoms with E-state index in [0.29, 0.717) is 16.9 Å². The van der Waals surface area contributed by atoms with Crippen molar-refractivity contribution in [2.24, 2.45) is 0 Å². The van der Waals surface area contributed by atoms with Gasteiger partial charge in [0.15, 0.2) is 0 Å². The fourth-order valence-electron chi connectivity index (χ4n) is 3.14.